The van der Waals surface area contributed by atoms with E-state index in [2.05, 4.69) is 10.2 Å². The fourth-order valence-electron chi connectivity index (χ4n) is 2.12. The summed E-state index contributed by atoms with van der Waals surface area (Å²) in [6.45, 7) is 1.93. The average Bonchev–Trinajstić information content (AvgIpc) is 2.40. The Morgan fingerprint density at radius 2 is 1.83 bits per heavy atom. The fourth-order valence-corrected chi connectivity index (χ4v) is 2.42. The van der Waals surface area contributed by atoms with Gasteiger partial charge in [-0.3, -0.25) is 4.79 Å². The molecule has 0 radical (unpaired) electrons. The van der Waals surface area contributed by atoms with Crippen LogP contribution in [-0.2, 0) is 11.2 Å². The Bertz CT molecular complexity index is 413. The lowest BCUT2D eigenvalue weighted by Gasteiger charge is -2.28. The average molecular weight is 262 g/mol. The number of rotatable bonds is 2. The summed E-state index contributed by atoms with van der Waals surface area (Å²) in [6, 6.07) is 9.71. The molecule has 1 amide bonds. The molecule has 1 aromatic carbocycles. The van der Waals surface area contributed by atoms with E-state index in [9.17, 15) is 4.79 Å². The molecule has 2 rings (SSSR count). The van der Waals surface area contributed by atoms with Gasteiger partial charge in [-0.25, -0.2) is 0 Å². The van der Waals surface area contributed by atoms with Gasteiger partial charge in [0.15, 0.2) is 5.11 Å². The molecule has 0 aromatic heterocycles. The molecule has 1 heterocycles. The van der Waals surface area contributed by atoms with Crippen LogP contribution in [0.5, 0.6) is 0 Å². The van der Waals surface area contributed by atoms with E-state index < -0.39 is 0 Å². The minimum Gasteiger partial charge on any atom is -0.349 e. The van der Waals surface area contributed by atoms with Crippen molar-refractivity contribution < 1.29 is 4.79 Å². The highest BCUT2D eigenvalue weighted by Crippen LogP contribution is 2.08. The number of carbonyl (C=O) groups excluding carboxylic acids is 1. The minimum absolute atomic E-state index is 0.0308. The molecular formula is C14H18N2OS. The smallest absolute Gasteiger partial charge is 0.230 e. The molecule has 0 aliphatic carbocycles. The molecule has 1 aliphatic heterocycles. The maximum atomic E-state index is 11.8. The van der Waals surface area contributed by atoms with Gasteiger partial charge < -0.3 is 10.2 Å². The first-order valence-corrected chi connectivity index (χ1v) is 6.79. The number of likely N-dealkylation sites (tertiary alicyclic amines) is 1. The van der Waals surface area contributed by atoms with E-state index in [1.165, 1.54) is 6.42 Å². The van der Waals surface area contributed by atoms with Gasteiger partial charge in [0.1, 0.15) is 0 Å². The highest BCUT2D eigenvalue weighted by Gasteiger charge is 2.15. The monoisotopic (exact) mass is 262 g/mol. The number of amides is 1. The predicted molar refractivity (Wildman–Crippen MR) is 76.3 cm³/mol. The van der Waals surface area contributed by atoms with Crippen LogP contribution in [0.3, 0.4) is 0 Å². The largest absolute Gasteiger partial charge is 0.349 e. The van der Waals surface area contributed by atoms with Crippen LogP contribution in [0.1, 0.15) is 24.8 Å². The lowest BCUT2D eigenvalue weighted by molar-refractivity contribution is -0.119. The van der Waals surface area contributed by atoms with Crippen molar-refractivity contribution in [2.45, 2.75) is 25.7 Å². The topological polar surface area (TPSA) is 32.3 Å². The molecular weight excluding hydrogens is 244 g/mol. The first-order valence-electron chi connectivity index (χ1n) is 6.38. The SMILES string of the molecule is O=C(Cc1ccccc1)NC(=S)N1CCCCC1. The van der Waals surface area contributed by atoms with Gasteiger partial charge in [-0.15, -0.1) is 0 Å². The van der Waals surface area contributed by atoms with Crippen molar-refractivity contribution in [1.29, 1.82) is 0 Å². The zero-order valence-electron chi connectivity index (χ0n) is 10.4. The van der Waals surface area contributed by atoms with Crippen molar-refractivity contribution in [3.63, 3.8) is 0 Å². The summed E-state index contributed by atoms with van der Waals surface area (Å²) in [7, 11) is 0. The molecule has 0 saturated carbocycles. The third-order valence-corrected chi connectivity index (χ3v) is 3.46. The molecule has 96 valence electrons. The van der Waals surface area contributed by atoms with Crippen LogP contribution in [0, 0.1) is 0 Å². The number of carbonyl (C=O) groups is 1. The Morgan fingerprint density at radius 3 is 2.50 bits per heavy atom. The van der Waals surface area contributed by atoms with E-state index in [1.807, 2.05) is 30.3 Å². The molecule has 1 aliphatic rings. The van der Waals surface area contributed by atoms with Crippen LogP contribution >= 0.6 is 12.2 Å². The summed E-state index contributed by atoms with van der Waals surface area (Å²) in [5.74, 6) is -0.0308. The van der Waals surface area contributed by atoms with Gasteiger partial charge in [0.05, 0.1) is 6.42 Å². The van der Waals surface area contributed by atoms with Gasteiger partial charge in [0.25, 0.3) is 0 Å². The van der Waals surface area contributed by atoms with Gasteiger partial charge >= 0.3 is 0 Å². The summed E-state index contributed by atoms with van der Waals surface area (Å²) < 4.78 is 0. The normalized spacial score (nSPS) is 15.2. The van der Waals surface area contributed by atoms with Gasteiger partial charge in [0.2, 0.25) is 5.91 Å². The van der Waals surface area contributed by atoms with E-state index in [-0.39, 0.29) is 5.91 Å². The molecule has 4 heteroatoms. The van der Waals surface area contributed by atoms with E-state index in [0.29, 0.717) is 11.5 Å². The molecule has 1 aromatic rings. The molecule has 1 N–H and O–H groups in total. The Kier molecular flexibility index (Phi) is 4.70. The predicted octanol–water partition coefficient (Wildman–Crippen LogP) is 2.12. The molecule has 3 nitrogen and oxygen atoms in total. The van der Waals surface area contributed by atoms with E-state index in [1.54, 1.807) is 0 Å². The zero-order chi connectivity index (χ0) is 12.8. The number of benzene rings is 1. The highest BCUT2D eigenvalue weighted by atomic mass is 32.1. The number of nitrogens with one attached hydrogen (secondary N) is 1. The van der Waals surface area contributed by atoms with E-state index in [0.717, 1.165) is 31.5 Å². The fraction of sp³-hybridized carbons (Fsp3) is 0.429. The van der Waals surface area contributed by atoms with Crippen LogP contribution < -0.4 is 5.32 Å². The van der Waals surface area contributed by atoms with Crippen LogP contribution in [0.25, 0.3) is 0 Å². The Balaban J connectivity index is 1.82. The summed E-state index contributed by atoms with van der Waals surface area (Å²) in [5.41, 5.74) is 1.01. The minimum atomic E-state index is -0.0308. The van der Waals surface area contributed by atoms with Crippen molar-refractivity contribution in [2.75, 3.05) is 13.1 Å². The summed E-state index contributed by atoms with van der Waals surface area (Å²) >= 11 is 5.26. The Morgan fingerprint density at radius 1 is 1.17 bits per heavy atom. The maximum absolute atomic E-state index is 11.8. The number of thiocarbonyl (C=S) groups is 1. The lowest BCUT2D eigenvalue weighted by atomic mass is 10.1. The second-order valence-electron chi connectivity index (χ2n) is 4.56. The molecule has 0 bridgehead atoms. The Labute approximate surface area is 113 Å². The third-order valence-electron chi connectivity index (χ3n) is 3.10. The van der Waals surface area contributed by atoms with Gasteiger partial charge in [-0.2, -0.15) is 0 Å². The quantitative estimate of drug-likeness (QED) is 0.829. The first-order chi connectivity index (χ1) is 8.75. The molecule has 0 atom stereocenters. The molecule has 0 unspecified atom stereocenters. The summed E-state index contributed by atoms with van der Waals surface area (Å²) in [5, 5.41) is 3.40. The van der Waals surface area contributed by atoms with Crippen LogP contribution in [-0.4, -0.2) is 29.0 Å². The second kappa shape index (κ2) is 6.50. The van der Waals surface area contributed by atoms with Crippen molar-refractivity contribution in [3.8, 4) is 0 Å². The summed E-state index contributed by atoms with van der Waals surface area (Å²) in [4.78, 5) is 13.9. The molecule has 18 heavy (non-hydrogen) atoms. The maximum Gasteiger partial charge on any atom is 0.230 e. The molecule has 1 fully saturated rings. The van der Waals surface area contributed by atoms with Crippen LogP contribution in [0.15, 0.2) is 30.3 Å². The summed E-state index contributed by atoms with van der Waals surface area (Å²) in [6.07, 6.45) is 3.97. The standard InChI is InChI=1S/C14H18N2OS/c17-13(11-12-7-3-1-4-8-12)15-14(18)16-9-5-2-6-10-16/h1,3-4,7-8H,2,5-6,9-11H2,(H,15,17,18). The van der Waals surface area contributed by atoms with Crippen molar-refractivity contribution in [1.82, 2.24) is 10.2 Å². The third kappa shape index (κ3) is 3.81. The van der Waals surface area contributed by atoms with Gasteiger partial charge in [-0.1, -0.05) is 30.3 Å². The number of hydrogen-bond donors (Lipinski definition) is 1. The zero-order valence-corrected chi connectivity index (χ0v) is 11.2. The van der Waals surface area contributed by atoms with Gasteiger partial charge in [0, 0.05) is 13.1 Å². The van der Waals surface area contributed by atoms with Crippen molar-refractivity contribution in [2.24, 2.45) is 0 Å². The van der Waals surface area contributed by atoms with E-state index in [4.69, 9.17) is 12.2 Å². The Hall–Kier alpha value is -1.42. The van der Waals surface area contributed by atoms with Crippen LogP contribution in [0.2, 0.25) is 0 Å². The second-order valence-corrected chi connectivity index (χ2v) is 4.95. The highest BCUT2D eigenvalue weighted by molar-refractivity contribution is 7.80. The van der Waals surface area contributed by atoms with Gasteiger partial charge in [-0.05, 0) is 37.0 Å². The molecule has 0 spiro atoms. The van der Waals surface area contributed by atoms with Crippen molar-refractivity contribution in [3.05, 3.63) is 35.9 Å². The number of hydrogen-bond acceptors (Lipinski definition) is 2. The first kappa shape index (κ1) is 13.0. The van der Waals surface area contributed by atoms with Crippen molar-refractivity contribution >= 4 is 23.2 Å². The number of nitrogens with zero attached hydrogens (tertiary/aromatic N) is 1. The lowest BCUT2D eigenvalue weighted by Crippen LogP contribution is -2.45. The number of piperidine rings is 1. The van der Waals surface area contributed by atoms with Crippen LogP contribution in [0.4, 0.5) is 0 Å². The molecule has 1 saturated heterocycles. The van der Waals surface area contributed by atoms with E-state index >= 15 is 0 Å².